The van der Waals surface area contributed by atoms with Crippen molar-refractivity contribution in [2.45, 2.75) is 0 Å². The normalized spacial score (nSPS) is 10.6. The molecule has 3 rings (SSSR count). The van der Waals surface area contributed by atoms with Gasteiger partial charge in [-0.3, -0.25) is 4.79 Å². The summed E-state index contributed by atoms with van der Waals surface area (Å²) in [5, 5.41) is 8.02. The maximum atomic E-state index is 12.5. The molecule has 0 unspecified atom stereocenters. The van der Waals surface area contributed by atoms with Gasteiger partial charge in [0.05, 0.1) is 22.0 Å². The van der Waals surface area contributed by atoms with Crippen molar-refractivity contribution >= 4 is 46.4 Å². The second-order valence-electron chi connectivity index (χ2n) is 4.58. The molecule has 1 aromatic heterocycles. The molecule has 0 saturated carbocycles. The topological polar surface area (TPSA) is 59.8 Å². The van der Waals surface area contributed by atoms with Crippen LogP contribution in [0.5, 0.6) is 0 Å². The van der Waals surface area contributed by atoms with E-state index >= 15 is 0 Å². The Morgan fingerprint density at radius 2 is 1.78 bits per heavy atom. The van der Waals surface area contributed by atoms with Crippen molar-refractivity contribution in [2.75, 3.05) is 5.32 Å². The number of nitrogens with zero attached hydrogens (tertiary/aromatic N) is 3. The Balaban J connectivity index is 1.98. The molecule has 5 nitrogen and oxygen atoms in total. The second kappa shape index (κ2) is 6.58. The molecule has 0 bridgehead atoms. The van der Waals surface area contributed by atoms with E-state index < -0.39 is 5.91 Å². The summed E-state index contributed by atoms with van der Waals surface area (Å²) in [7, 11) is 0. The van der Waals surface area contributed by atoms with Crippen molar-refractivity contribution in [3.05, 3.63) is 69.7 Å². The fourth-order valence-electron chi connectivity index (χ4n) is 2.00. The molecule has 0 aliphatic carbocycles. The molecule has 1 heterocycles. The average Bonchev–Trinajstić information content (AvgIpc) is 3.04. The van der Waals surface area contributed by atoms with Crippen molar-refractivity contribution in [1.29, 1.82) is 0 Å². The van der Waals surface area contributed by atoms with E-state index in [-0.39, 0.29) is 5.56 Å². The minimum atomic E-state index is -0.402. The lowest BCUT2D eigenvalue weighted by molar-refractivity contribution is 0.102. The van der Waals surface area contributed by atoms with E-state index in [1.165, 1.54) is 23.4 Å². The summed E-state index contributed by atoms with van der Waals surface area (Å²) in [5.74, 6) is -0.402. The summed E-state index contributed by atoms with van der Waals surface area (Å²) >= 11 is 18.0. The SMILES string of the molecule is O=C(Nc1cc(Cl)ccc1-n1cncn1)c1cc(Cl)ccc1Cl. The number of halogens is 3. The predicted octanol–water partition coefficient (Wildman–Crippen LogP) is 4.48. The van der Waals surface area contributed by atoms with Gasteiger partial charge in [-0.2, -0.15) is 5.10 Å². The third kappa shape index (κ3) is 3.47. The van der Waals surface area contributed by atoms with Gasteiger partial charge in [0.1, 0.15) is 12.7 Å². The molecule has 0 atom stereocenters. The standard InChI is InChI=1S/C15H9Cl3N4O/c16-9-1-3-12(18)11(5-9)15(23)21-13-6-10(17)2-4-14(13)22-8-19-7-20-22/h1-8H,(H,21,23). The molecule has 116 valence electrons. The Morgan fingerprint density at radius 3 is 2.52 bits per heavy atom. The number of carbonyl (C=O) groups is 1. The summed E-state index contributed by atoms with van der Waals surface area (Å²) in [6.45, 7) is 0. The highest BCUT2D eigenvalue weighted by molar-refractivity contribution is 6.36. The zero-order valence-corrected chi connectivity index (χ0v) is 13.8. The van der Waals surface area contributed by atoms with Crippen molar-refractivity contribution in [3.63, 3.8) is 0 Å². The third-order valence-corrected chi connectivity index (χ3v) is 3.85. The highest BCUT2D eigenvalue weighted by atomic mass is 35.5. The van der Waals surface area contributed by atoms with Gasteiger partial charge in [0.2, 0.25) is 0 Å². The number of hydrogen-bond donors (Lipinski definition) is 1. The van der Waals surface area contributed by atoms with Crippen molar-refractivity contribution < 1.29 is 4.79 Å². The smallest absolute Gasteiger partial charge is 0.257 e. The van der Waals surface area contributed by atoms with Gasteiger partial charge in [-0.25, -0.2) is 9.67 Å². The number of hydrogen-bond acceptors (Lipinski definition) is 3. The molecule has 0 aliphatic rings. The summed E-state index contributed by atoms with van der Waals surface area (Å²) in [5.41, 5.74) is 1.37. The number of aromatic nitrogens is 3. The summed E-state index contributed by atoms with van der Waals surface area (Å²) in [6.07, 6.45) is 2.92. The summed E-state index contributed by atoms with van der Waals surface area (Å²) < 4.78 is 1.52. The third-order valence-electron chi connectivity index (χ3n) is 3.05. The molecule has 0 radical (unpaired) electrons. The van der Waals surface area contributed by atoms with Crippen molar-refractivity contribution in [2.24, 2.45) is 0 Å². The molecule has 1 N–H and O–H groups in total. The predicted molar refractivity (Wildman–Crippen MR) is 90.8 cm³/mol. The fraction of sp³-hybridized carbons (Fsp3) is 0. The van der Waals surface area contributed by atoms with E-state index in [1.807, 2.05) is 0 Å². The molecule has 1 amide bonds. The summed E-state index contributed by atoms with van der Waals surface area (Å²) in [6, 6.07) is 9.72. The Bertz CT molecular complexity index is 865. The van der Waals surface area contributed by atoms with E-state index in [1.54, 1.807) is 30.3 Å². The van der Waals surface area contributed by atoms with Gasteiger partial charge in [0, 0.05) is 10.0 Å². The van der Waals surface area contributed by atoms with Crippen LogP contribution in [-0.2, 0) is 0 Å². The van der Waals surface area contributed by atoms with Crippen molar-refractivity contribution in [1.82, 2.24) is 14.8 Å². The van der Waals surface area contributed by atoms with Crippen LogP contribution in [0.4, 0.5) is 5.69 Å². The Kier molecular flexibility index (Phi) is 4.52. The monoisotopic (exact) mass is 366 g/mol. The zero-order valence-electron chi connectivity index (χ0n) is 11.5. The van der Waals surface area contributed by atoms with Gasteiger partial charge in [0.15, 0.2) is 0 Å². The first-order chi connectivity index (χ1) is 11.0. The van der Waals surface area contributed by atoms with Crippen LogP contribution in [0, 0.1) is 0 Å². The lowest BCUT2D eigenvalue weighted by Crippen LogP contribution is -2.14. The van der Waals surface area contributed by atoms with Crippen LogP contribution in [-0.4, -0.2) is 20.7 Å². The first-order valence-electron chi connectivity index (χ1n) is 6.45. The van der Waals surface area contributed by atoms with Crippen molar-refractivity contribution in [3.8, 4) is 5.69 Å². The number of amides is 1. The van der Waals surface area contributed by atoms with Gasteiger partial charge in [0.25, 0.3) is 5.91 Å². The maximum absolute atomic E-state index is 12.5. The largest absolute Gasteiger partial charge is 0.320 e. The first kappa shape index (κ1) is 15.8. The average molecular weight is 368 g/mol. The fourth-order valence-corrected chi connectivity index (χ4v) is 2.55. The Morgan fingerprint density at radius 1 is 1.04 bits per heavy atom. The van der Waals surface area contributed by atoms with Gasteiger partial charge < -0.3 is 5.32 Å². The molecular formula is C15H9Cl3N4O. The highest BCUT2D eigenvalue weighted by Gasteiger charge is 2.14. The minimum absolute atomic E-state index is 0.267. The van der Waals surface area contributed by atoms with Crippen LogP contribution >= 0.6 is 34.8 Å². The number of carbonyl (C=O) groups excluding carboxylic acids is 1. The van der Waals surface area contributed by atoms with E-state index in [4.69, 9.17) is 34.8 Å². The van der Waals surface area contributed by atoms with Crippen LogP contribution in [0.1, 0.15) is 10.4 Å². The molecule has 0 fully saturated rings. The van der Waals surface area contributed by atoms with Gasteiger partial charge in [-0.1, -0.05) is 34.8 Å². The Hall–Kier alpha value is -2.08. The molecule has 0 spiro atoms. The minimum Gasteiger partial charge on any atom is -0.320 e. The zero-order chi connectivity index (χ0) is 16.4. The number of anilines is 1. The molecule has 3 aromatic rings. The van der Waals surface area contributed by atoms with E-state index in [0.717, 1.165) is 0 Å². The molecule has 0 aliphatic heterocycles. The quantitative estimate of drug-likeness (QED) is 0.742. The van der Waals surface area contributed by atoms with Gasteiger partial charge in [-0.15, -0.1) is 0 Å². The number of nitrogens with one attached hydrogen (secondary N) is 1. The lowest BCUT2D eigenvalue weighted by atomic mass is 10.2. The maximum Gasteiger partial charge on any atom is 0.257 e. The lowest BCUT2D eigenvalue weighted by Gasteiger charge is -2.12. The van der Waals surface area contributed by atoms with Crippen LogP contribution in [0.3, 0.4) is 0 Å². The van der Waals surface area contributed by atoms with E-state index in [2.05, 4.69) is 15.4 Å². The second-order valence-corrected chi connectivity index (χ2v) is 5.86. The molecular weight excluding hydrogens is 359 g/mol. The van der Waals surface area contributed by atoms with Crippen LogP contribution < -0.4 is 5.32 Å². The van der Waals surface area contributed by atoms with Crippen LogP contribution in [0.15, 0.2) is 49.1 Å². The van der Waals surface area contributed by atoms with Crippen LogP contribution in [0.25, 0.3) is 5.69 Å². The van der Waals surface area contributed by atoms with E-state index in [0.29, 0.717) is 26.4 Å². The first-order valence-corrected chi connectivity index (χ1v) is 7.59. The van der Waals surface area contributed by atoms with Crippen LogP contribution in [0.2, 0.25) is 15.1 Å². The molecule has 23 heavy (non-hydrogen) atoms. The highest BCUT2D eigenvalue weighted by Crippen LogP contribution is 2.26. The number of rotatable bonds is 3. The molecule has 0 saturated heterocycles. The van der Waals surface area contributed by atoms with Gasteiger partial charge in [-0.05, 0) is 36.4 Å². The van der Waals surface area contributed by atoms with Gasteiger partial charge >= 0.3 is 0 Å². The molecule has 8 heteroatoms. The molecule has 2 aromatic carbocycles. The van der Waals surface area contributed by atoms with E-state index in [9.17, 15) is 4.79 Å². The summed E-state index contributed by atoms with van der Waals surface area (Å²) in [4.78, 5) is 16.4. The Labute approximate surface area is 146 Å². The number of benzene rings is 2.